The van der Waals surface area contributed by atoms with E-state index in [4.69, 9.17) is 4.74 Å². The number of fused-ring (bicyclic) bond motifs is 3. The number of carbonyl (C=O) groups is 1. The third kappa shape index (κ3) is 4.42. The molecule has 39 heavy (non-hydrogen) atoms. The zero-order valence-corrected chi connectivity index (χ0v) is 22.9. The molecule has 0 atom stereocenters. The van der Waals surface area contributed by atoms with E-state index in [1.807, 2.05) is 39.5 Å². The standard InChI is InChI=1S/C29H35N7O3/c1-5-35-20(4)21(14-30-35)17-33-8-9-34(16-19(33)3)29(38)23-13-24-26(12-18(23)2)32-28(37)25-15-31-36(27(24)25)22-6-10-39-11-7-22/h12-15,22H,3,5-11,16-17H2,1-2,4H3,(H,32,37). The maximum Gasteiger partial charge on any atom is 0.259 e. The van der Waals surface area contributed by atoms with Crippen molar-refractivity contribution in [2.24, 2.45) is 0 Å². The number of benzene rings is 1. The number of piperazine rings is 1. The van der Waals surface area contributed by atoms with Gasteiger partial charge in [0, 0.05) is 67.3 Å². The molecule has 0 saturated carbocycles. The van der Waals surface area contributed by atoms with E-state index in [9.17, 15) is 9.59 Å². The Morgan fingerprint density at radius 1 is 1.13 bits per heavy atom. The van der Waals surface area contributed by atoms with Crippen LogP contribution >= 0.6 is 0 Å². The Morgan fingerprint density at radius 2 is 1.92 bits per heavy atom. The van der Waals surface area contributed by atoms with Crippen molar-refractivity contribution in [1.29, 1.82) is 0 Å². The number of aryl methyl sites for hydroxylation is 2. The summed E-state index contributed by atoms with van der Waals surface area (Å²) in [6, 6.07) is 4.00. The highest BCUT2D eigenvalue weighted by molar-refractivity contribution is 6.07. The summed E-state index contributed by atoms with van der Waals surface area (Å²) in [5, 5.41) is 10.4. The maximum absolute atomic E-state index is 13.8. The maximum atomic E-state index is 13.8. The van der Waals surface area contributed by atoms with Gasteiger partial charge in [0.2, 0.25) is 0 Å². The van der Waals surface area contributed by atoms with Gasteiger partial charge in [0.05, 0.1) is 41.4 Å². The lowest BCUT2D eigenvalue weighted by Gasteiger charge is -2.38. The molecule has 3 aromatic heterocycles. The van der Waals surface area contributed by atoms with E-state index in [1.165, 1.54) is 11.3 Å². The molecule has 0 unspecified atom stereocenters. The first-order chi connectivity index (χ1) is 18.9. The molecule has 1 amide bonds. The molecule has 10 nitrogen and oxygen atoms in total. The van der Waals surface area contributed by atoms with Crippen LogP contribution in [0.4, 0.5) is 0 Å². The third-order valence-electron chi connectivity index (χ3n) is 8.29. The highest BCUT2D eigenvalue weighted by atomic mass is 16.5. The number of ether oxygens (including phenoxy) is 1. The molecular formula is C29H35N7O3. The summed E-state index contributed by atoms with van der Waals surface area (Å²) in [5.74, 6) is -0.0262. The molecule has 1 N–H and O–H groups in total. The molecular weight excluding hydrogens is 494 g/mol. The van der Waals surface area contributed by atoms with Crippen LogP contribution in [0.15, 0.2) is 41.6 Å². The zero-order chi connectivity index (χ0) is 27.3. The van der Waals surface area contributed by atoms with Gasteiger partial charge >= 0.3 is 0 Å². The fraction of sp³-hybridized carbons (Fsp3) is 0.448. The molecule has 2 aliphatic heterocycles. The average Bonchev–Trinajstić information content (AvgIpc) is 3.54. The average molecular weight is 530 g/mol. The fourth-order valence-corrected chi connectivity index (χ4v) is 5.93. The van der Waals surface area contributed by atoms with Crippen LogP contribution in [-0.2, 0) is 17.8 Å². The van der Waals surface area contributed by atoms with Crippen molar-refractivity contribution in [1.82, 2.24) is 34.3 Å². The van der Waals surface area contributed by atoms with Gasteiger partial charge in [0.25, 0.3) is 11.5 Å². The summed E-state index contributed by atoms with van der Waals surface area (Å²) in [5.41, 5.74) is 6.07. The lowest BCUT2D eigenvalue weighted by atomic mass is 10.0. The van der Waals surface area contributed by atoms with Gasteiger partial charge in [-0.3, -0.25) is 19.0 Å². The summed E-state index contributed by atoms with van der Waals surface area (Å²) < 4.78 is 9.50. The predicted molar refractivity (Wildman–Crippen MR) is 150 cm³/mol. The number of aromatic nitrogens is 5. The Labute approximate surface area is 226 Å². The second kappa shape index (κ2) is 10.00. The van der Waals surface area contributed by atoms with Gasteiger partial charge in [-0.1, -0.05) is 6.58 Å². The minimum absolute atomic E-state index is 0.0262. The van der Waals surface area contributed by atoms with E-state index < -0.39 is 0 Å². The zero-order valence-electron chi connectivity index (χ0n) is 22.9. The van der Waals surface area contributed by atoms with Gasteiger partial charge in [0.1, 0.15) is 0 Å². The molecule has 2 saturated heterocycles. The number of hydrogen-bond acceptors (Lipinski definition) is 6. The number of nitrogens with zero attached hydrogens (tertiary/aromatic N) is 6. The first-order valence-corrected chi connectivity index (χ1v) is 13.7. The number of rotatable bonds is 5. The number of nitrogens with one attached hydrogen (secondary N) is 1. The molecule has 204 valence electrons. The lowest BCUT2D eigenvalue weighted by molar-refractivity contribution is 0.0675. The van der Waals surface area contributed by atoms with Gasteiger partial charge in [-0.15, -0.1) is 0 Å². The summed E-state index contributed by atoms with van der Waals surface area (Å²) in [6.45, 7) is 15.1. The van der Waals surface area contributed by atoms with Gasteiger partial charge in [0.15, 0.2) is 0 Å². The van der Waals surface area contributed by atoms with Crippen molar-refractivity contribution in [3.8, 4) is 0 Å². The van der Waals surface area contributed by atoms with Crippen LogP contribution < -0.4 is 5.56 Å². The van der Waals surface area contributed by atoms with Gasteiger partial charge < -0.3 is 19.5 Å². The third-order valence-corrected chi connectivity index (χ3v) is 8.29. The molecule has 5 heterocycles. The van der Waals surface area contributed by atoms with Crippen molar-refractivity contribution in [2.45, 2.75) is 52.7 Å². The van der Waals surface area contributed by atoms with Gasteiger partial charge in [-0.25, -0.2) is 0 Å². The van der Waals surface area contributed by atoms with E-state index in [0.717, 1.165) is 48.1 Å². The number of carbonyl (C=O) groups excluding carboxylic acids is 1. The monoisotopic (exact) mass is 529 g/mol. The first kappa shape index (κ1) is 25.4. The predicted octanol–water partition coefficient (Wildman–Crippen LogP) is 3.53. The van der Waals surface area contributed by atoms with Crippen LogP contribution in [0.3, 0.4) is 0 Å². The molecule has 0 spiro atoms. The fourth-order valence-electron chi connectivity index (χ4n) is 5.93. The van der Waals surface area contributed by atoms with Crippen molar-refractivity contribution in [3.63, 3.8) is 0 Å². The van der Waals surface area contributed by atoms with Gasteiger partial charge in [-0.05, 0) is 51.3 Å². The summed E-state index contributed by atoms with van der Waals surface area (Å²) in [4.78, 5) is 33.8. The van der Waals surface area contributed by atoms with Crippen molar-refractivity contribution < 1.29 is 9.53 Å². The minimum atomic E-state index is -0.165. The van der Waals surface area contributed by atoms with Crippen LogP contribution in [0.5, 0.6) is 0 Å². The van der Waals surface area contributed by atoms with Crippen molar-refractivity contribution in [2.75, 3.05) is 32.8 Å². The molecule has 1 aromatic carbocycles. The minimum Gasteiger partial charge on any atom is -0.381 e. The Balaban J connectivity index is 1.29. The number of hydrogen-bond donors (Lipinski definition) is 1. The van der Waals surface area contributed by atoms with E-state index in [2.05, 4.69) is 40.5 Å². The second-order valence-electron chi connectivity index (χ2n) is 10.6. The van der Waals surface area contributed by atoms with Crippen LogP contribution in [0, 0.1) is 13.8 Å². The molecule has 0 radical (unpaired) electrons. The number of pyridine rings is 1. The summed E-state index contributed by atoms with van der Waals surface area (Å²) in [7, 11) is 0. The Hall–Kier alpha value is -3.92. The van der Waals surface area contributed by atoms with Crippen LogP contribution in [0.2, 0.25) is 0 Å². The molecule has 6 rings (SSSR count). The van der Waals surface area contributed by atoms with E-state index in [0.29, 0.717) is 49.3 Å². The number of amides is 1. The van der Waals surface area contributed by atoms with E-state index in [1.54, 1.807) is 6.20 Å². The Morgan fingerprint density at radius 3 is 2.64 bits per heavy atom. The van der Waals surface area contributed by atoms with Gasteiger partial charge in [-0.2, -0.15) is 10.2 Å². The Kier molecular flexibility index (Phi) is 6.50. The molecule has 0 bridgehead atoms. The molecule has 0 aliphatic carbocycles. The van der Waals surface area contributed by atoms with Crippen LogP contribution in [0.25, 0.3) is 21.8 Å². The molecule has 10 heteroatoms. The normalized spacial score (nSPS) is 17.1. The lowest BCUT2D eigenvalue weighted by Crippen LogP contribution is -2.46. The molecule has 2 fully saturated rings. The number of aromatic amines is 1. The second-order valence-corrected chi connectivity index (χ2v) is 10.6. The highest BCUT2D eigenvalue weighted by Gasteiger charge is 2.27. The molecule has 4 aromatic rings. The smallest absolute Gasteiger partial charge is 0.259 e. The number of H-pyrrole nitrogens is 1. The van der Waals surface area contributed by atoms with Crippen molar-refractivity contribution >= 4 is 27.7 Å². The van der Waals surface area contributed by atoms with Crippen LogP contribution in [0.1, 0.15) is 53.0 Å². The molecule has 2 aliphatic rings. The van der Waals surface area contributed by atoms with E-state index in [-0.39, 0.29) is 17.5 Å². The topological polar surface area (TPSA) is 101 Å². The SMILES string of the molecule is C=C1CN(C(=O)c2cc3c(cc2C)[nH]c(=O)c2cnn(C4CCOCC4)c23)CCN1Cc1cnn(CC)c1C. The quantitative estimate of drug-likeness (QED) is 0.425. The van der Waals surface area contributed by atoms with E-state index >= 15 is 0 Å². The summed E-state index contributed by atoms with van der Waals surface area (Å²) >= 11 is 0. The highest BCUT2D eigenvalue weighted by Crippen LogP contribution is 2.30. The first-order valence-electron chi connectivity index (χ1n) is 13.7. The van der Waals surface area contributed by atoms with Crippen LogP contribution in [-0.4, -0.2) is 73.1 Å². The summed E-state index contributed by atoms with van der Waals surface area (Å²) in [6.07, 6.45) is 5.25. The van der Waals surface area contributed by atoms with Crippen molar-refractivity contribution in [3.05, 3.63) is 69.5 Å². The Bertz CT molecular complexity index is 1640. The largest absolute Gasteiger partial charge is 0.381 e.